The second-order valence-corrected chi connectivity index (χ2v) is 6.51. The molecule has 118 valence electrons. The summed E-state index contributed by atoms with van der Waals surface area (Å²) in [6.45, 7) is 0. The quantitative estimate of drug-likeness (QED) is 0.809. The van der Waals surface area contributed by atoms with Gasteiger partial charge in [-0.3, -0.25) is 14.5 Å². The fourth-order valence-corrected chi connectivity index (χ4v) is 4.20. The fourth-order valence-electron chi connectivity index (χ4n) is 2.85. The number of amides is 1. The lowest BCUT2D eigenvalue weighted by Gasteiger charge is -2.37. The molecule has 0 spiro atoms. The molecule has 1 aliphatic heterocycles. The average Bonchev–Trinajstić information content (AvgIpc) is 2.93. The number of anilines is 1. The van der Waals surface area contributed by atoms with Crippen molar-refractivity contribution in [2.45, 2.75) is 11.3 Å². The van der Waals surface area contributed by atoms with Gasteiger partial charge in [0.1, 0.15) is 4.87 Å². The topological polar surface area (TPSA) is 46.6 Å². The zero-order chi connectivity index (χ0) is 16.3. The molecule has 3 rings (SSSR count). The number of ether oxygens (including phenoxy) is 1. The molecule has 0 radical (unpaired) electrons. The molecule has 0 bridgehead atoms. The molecule has 0 N–H and O–H groups in total. The van der Waals surface area contributed by atoms with Crippen LogP contribution in [0.15, 0.2) is 60.7 Å². The van der Waals surface area contributed by atoms with E-state index in [9.17, 15) is 9.59 Å². The second kappa shape index (κ2) is 6.46. The Balaban J connectivity index is 2.13. The molecule has 2 aromatic rings. The molecule has 1 aliphatic rings. The molecule has 0 saturated carbocycles. The zero-order valence-corrected chi connectivity index (χ0v) is 13.6. The largest absolute Gasteiger partial charge is 0.469 e. The molecule has 2 aromatic carbocycles. The van der Waals surface area contributed by atoms with Gasteiger partial charge in [-0.15, -0.1) is 11.8 Å². The van der Waals surface area contributed by atoms with Crippen molar-refractivity contribution in [2.24, 2.45) is 0 Å². The Kier molecular flexibility index (Phi) is 4.39. The van der Waals surface area contributed by atoms with Crippen molar-refractivity contribution in [3.63, 3.8) is 0 Å². The van der Waals surface area contributed by atoms with Crippen LogP contribution in [0.1, 0.15) is 12.0 Å². The van der Waals surface area contributed by atoms with Crippen LogP contribution in [0.4, 0.5) is 5.69 Å². The highest BCUT2D eigenvalue weighted by Crippen LogP contribution is 2.50. The van der Waals surface area contributed by atoms with Gasteiger partial charge in [0.15, 0.2) is 0 Å². The minimum absolute atomic E-state index is 0.00560. The maximum absolute atomic E-state index is 12.6. The third-order valence-corrected chi connectivity index (χ3v) is 5.33. The Bertz CT molecular complexity index is 705. The van der Waals surface area contributed by atoms with Crippen LogP contribution in [0.3, 0.4) is 0 Å². The van der Waals surface area contributed by atoms with Gasteiger partial charge in [-0.2, -0.15) is 0 Å². The number of nitrogens with zero attached hydrogens (tertiary/aromatic N) is 1. The van der Waals surface area contributed by atoms with Crippen molar-refractivity contribution in [3.8, 4) is 0 Å². The predicted octanol–water partition coefficient (Wildman–Crippen LogP) is 3.18. The molecule has 1 atom stereocenters. The summed E-state index contributed by atoms with van der Waals surface area (Å²) in [4.78, 5) is 25.6. The number of carbonyl (C=O) groups excluding carboxylic acids is 2. The standard InChI is InChI=1S/C18H17NO3S/c1-22-17(21)12-18(14-8-4-2-5-9-14)19(16(20)13-23-18)15-10-6-3-7-11-15/h2-11H,12-13H2,1H3. The number of rotatable bonds is 4. The zero-order valence-electron chi connectivity index (χ0n) is 12.8. The van der Waals surface area contributed by atoms with Crippen LogP contribution in [0.25, 0.3) is 0 Å². The molecule has 0 aliphatic carbocycles. The first kappa shape index (κ1) is 15.6. The van der Waals surface area contributed by atoms with Crippen LogP contribution in [-0.4, -0.2) is 24.7 Å². The van der Waals surface area contributed by atoms with Crippen LogP contribution >= 0.6 is 11.8 Å². The molecule has 1 saturated heterocycles. The average molecular weight is 327 g/mol. The molecule has 0 aromatic heterocycles. The van der Waals surface area contributed by atoms with Crippen LogP contribution in [0.5, 0.6) is 0 Å². The molecule has 1 fully saturated rings. The summed E-state index contributed by atoms with van der Waals surface area (Å²) in [6.07, 6.45) is 0.110. The Morgan fingerprint density at radius 3 is 2.35 bits per heavy atom. The number of para-hydroxylation sites is 1. The smallest absolute Gasteiger partial charge is 0.309 e. The van der Waals surface area contributed by atoms with E-state index in [0.717, 1.165) is 11.3 Å². The summed E-state index contributed by atoms with van der Waals surface area (Å²) in [5, 5.41) is 0. The lowest BCUT2D eigenvalue weighted by atomic mass is 10.00. The number of thioether (sulfide) groups is 1. The molecule has 1 heterocycles. The summed E-state index contributed by atoms with van der Waals surface area (Å²) in [5.74, 6) is -0.00761. The number of hydrogen-bond donors (Lipinski definition) is 0. The van der Waals surface area contributed by atoms with Gasteiger partial charge in [-0.1, -0.05) is 48.5 Å². The Labute approximate surface area is 139 Å². The number of benzene rings is 2. The van der Waals surface area contributed by atoms with E-state index >= 15 is 0 Å². The minimum Gasteiger partial charge on any atom is -0.469 e. The van der Waals surface area contributed by atoms with Crippen LogP contribution in [-0.2, 0) is 19.2 Å². The molecule has 1 unspecified atom stereocenters. The fraction of sp³-hybridized carbons (Fsp3) is 0.222. The first-order valence-corrected chi connectivity index (χ1v) is 8.30. The first-order valence-electron chi connectivity index (χ1n) is 7.32. The number of methoxy groups -OCH3 is 1. The van der Waals surface area contributed by atoms with Crippen molar-refractivity contribution in [2.75, 3.05) is 17.8 Å². The van der Waals surface area contributed by atoms with Gasteiger partial charge >= 0.3 is 5.97 Å². The van der Waals surface area contributed by atoms with E-state index in [1.54, 1.807) is 4.90 Å². The molecule has 1 amide bonds. The highest BCUT2D eigenvalue weighted by molar-refractivity contribution is 8.01. The Morgan fingerprint density at radius 2 is 1.74 bits per heavy atom. The minimum atomic E-state index is -0.771. The highest BCUT2D eigenvalue weighted by Gasteiger charge is 2.50. The van der Waals surface area contributed by atoms with Gasteiger partial charge in [-0.25, -0.2) is 0 Å². The summed E-state index contributed by atoms with van der Waals surface area (Å²) >= 11 is 1.47. The summed E-state index contributed by atoms with van der Waals surface area (Å²) in [6, 6.07) is 19.1. The molecular formula is C18H17NO3S. The monoisotopic (exact) mass is 327 g/mol. The van der Waals surface area contributed by atoms with Crippen molar-refractivity contribution in [1.82, 2.24) is 0 Å². The second-order valence-electron chi connectivity index (χ2n) is 5.26. The van der Waals surface area contributed by atoms with Crippen molar-refractivity contribution in [1.29, 1.82) is 0 Å². The summed E-state index contributed by atoms with van der Waals surface area (Å²) in [5.41, 5.74) is 1.71. The van der Waals surface area contributed by atoms with Gasteiger partial charge in [0.05, 0.1) is 19.3 Å². The molecular weight excluding hydrogens is 310 g/mol. The SMILES string of the molecule is COC(=O)CC1(c2ccccc2)SCC(=O)N1c1ccccc1. The van der Waals surface area contributed by atoms with E-state index in [1.807, 2.05) is 60.7 Å². The van der Waals surface area contributed by atoms with Crippen molar-refractivity contribution >= 4 is 29.3 Å². The number of hydrogen-bond acceptors (Lipinski definition) is 4. The van der Waals surface area contributed by atoms with E-state index < -0.39 is 4.87 Å². The van der Waals surface area contributed by atoms with E-state index in [-0.39, 0.29) is 18.3 Å². The highest BCUT2D eigenvalue weighted by atomic mass is 32.2. The first-order chi connectivity index (χ1) is 11.2. The van der Waals surface area contributed by atoms with Crippen molar-refractivity contribution < 1.29 is 14.3 Å². The van der Waals surface area contributed by atoms with Gasteiger partial charge in [0, 0.05) is 5.69 Å². The molecule has 5 heteroatoms. The van der Waals surface area contributed by atoms with Crippen LogP contribution in [0, 0.1) is 0 Å². The third kappa shape index (κ3) is 2.84. The van der Waals surface area contributed by atoms with Gasteiger partial charge in [0.25, 0.3) is 0 Å². The maximum atomic E-state index is 12.6. The molecule has 23 heavy (non-hydrogen) atoms. The summed E-state index contributed by atoms with van der Waals surface area (Å²) in [7, 11) is 1.37. The van der Waals surface area contributed by atoms with Gasteiger partial charge in [-0.05, 0) is 17.7 Å². The normalized spacial score (nSPS) is 20.6. The van der Waals surface area contributed by atoms with Crippen LogP contribution < -0.4 is 4.90 Å². The Morgan fingerprint density at radius 1 is 1.13 bits per heavy atom. The van der Waals surface area contributed by atoms with Crippen molar-refractivity contribution in [3.05, 3.63) is 66.2 Å². The van der Waals surface area contributed by atoms with E-state index in [0.29, 0.717) is 5.75 Å². The predicted molar refractivity (Wildman–Crippen MR) is 91.1 cm³/mol. The lowest BCUT2D eigenvalue weighted by molar-refractivity contribution is -0.141. The van der Waals surface area contributed by atoms with Gasteiger partial charge < -0.3 is 4.74 Å². The lowest BCUT2D eigenvalue weighted by Crippen LogP contribution is -2.44. The number of esters is 1. The maximum Gasteiger partial charge on any atom is 0.309 e. The van der Waals surface area contributed by atoms with Crippen LogP contribution in [0.2, 0.25) is 0 Å². The van der Waals surface area contributed by atoms with Gasteiger partial charge in [0.2, 0.25) is 5.91 Å². The van der Waals surface area contributed by atoms with E-state index in [4.69, 9.17) is 4.74 Å². The summed E-state index contributed by atoms with van der Waals surface area (Å²) < 4.78 is 4.89. The van der Waals surface area contributed by atoms with E-state index in [2.05, 4.69) is 0 Å². The molecule has 4 nitrogen and oxygen atoms in total. The third-order valence-electron chi connectivity index (χ3n) is 3.90. The Hall–Kier alpha value is -2.27. The number of carbonyl (C=O) groups is 2. The van der Waals surface area contributed by atoms with E-state index in [1.165, 1.54) is 18.9 Å².